The van der Waals surface area contributed by atoms with E-state index < -0.39 is 0 Å². The number of nitrogens with zero attached hydrogens (tertiary/aromatic N) is 2. The molecule has 3 nitrogen and oxygen atoms in total. The number of aryl methyl sites for hydroxylation is 1. The number of benzene rings is 2. The van der Waals surface area contributed by atoms with Gasteiger partial charge in [-0.3, -0.25) is 0 Å². The van der Waals surface area contributed by atoms with Crippen molar-refractivity contribution in [2.45, 2.75) is 19.3 Å². The van der Waals surface area contributed by atoms with Crippen LogP contribution in [0.5, 0.6) is 5.75 Å². The lowest BCUT2D eigenvalue weighted by Gasteiger charge is -2.34. The van der Waals surface area contributed by atoms with Gasteiger partial charge in [0.05, 0.1) is 7.11 Å². The van der Waals surface area contributed by atoms with Crippen LogP contribution in [0.25, 0.3) is 0 Å². The molecule has 0 N–H and O–H groups in total. The van der Waals surface area contributed by atoms with Crippen LogP contribution in [0.2, 0.25) is 0 Å². The van der Waals surface area contributed by atoms with Gasteiger partial charge in [-0.15, -0.1) is 0 Å². The number of anilines is 1. The molecule has 1 heterocycles. The number of rotatable bonds is 7. The highest BCUT2D eigenvalue weighted by atomic mass is 16.5. The van der Waals surface area contributed by atoms with Crippen LogP contribution in [0.3, 0.4) is 0 Å². The van der Waals surface area contributed by atoms with Gasteiger partial charge in [0.15, 0.2) is 0 Å². The van der Waals surface area contributed by atoms with Crippen LogP contribution in [0.1, 0.15) is 17.5 Å². The van der Waals surface area contributed by atoms with Gasteiger partial charge >= 0.3 is 0 Å². The van der Waals surface area contributed by atoms with Crippen molar-refractivity contribution in [1.82, 2.24) is 4.90 Å². The largest absolute Gasteiger partial charge is 0.497 e. The normalized spacial score (nSPS) is 15.4. The van der Waals surface area contributed by atoms with Crippen molar-refractivity contribution in [3.63, 3.8) is 0 Å². The minimum Gasteiger partial charge on any atom is -0.497 e. The lowest BCUT2D eigenvalue weighted by Crippen LogP contribution is -2.44. The Kier molecular flexibility index (Phi) is 6.35. The molecule has 0 saturated carbocycles. The van der Waals surface area contributed by atoms with Crippen LogP contribution in [0, 0.1) is 6.42 Å². The number of hydrogen-bond donors (Lipinski definition) is 0. The van der Waals surface area contributed by atoms with Crippen molar-refractivity contribution in [3.05, 3.63) is 66.1 Å². The van der Waals surface area contributed by atoms with Crippen molar-refractivity contribution in [3.8, 4) is 5.75 Å². The van der Waals surface area contributed by atoms with E-state index in [2.05, 4.69) is 59.7 Å². The first-order valence-corrected chi connectivity index (χ1v) is 9.21. The molecule has 1 fully saturated rings. The molecule has 0 unspecified atom stereocenters. The molecule has 0 bridgehead atoms. The Bertz CT molecular complexity index is 628. The molecule has 133 valence electrons. The third-order valence-corrected chi connectivity index (χ3v) is 4.98. The first-order valence-electron chi connectivity index (χ1n) is 9.21. The second-order valence-corrected chi connectivity index (χ2v) is 6.84. The third-order valence-electron chi connectivity index (χ3n) is 4.98. The summed E-state index contributed by atoms with van der Waals surface area (Å²) in [7, 11) is 3.90. The van der Waals surface area contributed by atoms with E-state index in [-0.39, 0.29) is 0 Å². The highest BCUT2D eigenvalue weighted by Crippen LogP contribution is 2.18. The summed E-state index contributed by atoms with van der Waals surface area (Å²) in [5.74, 6) is 0.924. The van der Waals surface area contributed by atoms with Crippen molar-refractivity contribution in [1.29, 1.82) is 0 Å². The van der Waals surface area contributed by atoms with Gasteiger partial charge in [-0.2, -0.15) is 0 Å². The van der Waals surface area contributed by atoms with Gasteiger partial charge in [-0.25, -0.2) is 0 Å². The number of piperazine rings is 1. The Morgan fingerprint density at radius 3 is 2.16 bits per heavy atom. The number of hydrogen-bond acceptors (Lipinski definition) is 3. The molecule has 2 aromatic rings. The molecule has 1 aliphatic rings. The number of likely N-dealkylation sites (N-methyl/N-ethyl adjacent to an activating group) is 1. The average molecular weight is 337 g/mol. The number of ether oxygens (including phenoxy) is 1. The number of unbranched alkanes of at least 4 members (excludes halogenated alkanes) is 1. The molecule has 0 amide bonds. The first kappa shape index (κ1) is 17.8. The van der Waals surface area contributed by atoms with E-state index in [0.717, 1.165) is 51.2 Å². The zero-order valence-corrected chi connectivity index (χ0v) is 15.4. The van der Waals surface area contributed by atoms with Gasteiger partial charge in [0.2, 0.25) is 0 Å². The maximum atomic E-state index is 5.20. The van der Waals surface area contributed by atoms with Crippen molar-refractivity contribution in [2.24, 2.45) is 0 Å². The Morgan fingerprint density at radius 1 is 0.880 bits per heavy atom. The zero-order chi connectivity index (χ0) is 17.5. The fourth-order valence-corrected chi connectivity index (χ4v) is 3.24. The smallest absolute Gasteiger partial charge is 0.118 e. The van der Waals surface area contributed by atoms with Gasteiger partial charge < -0.3 is 14.5 Å². The van der Waals surface area contributed by atoms with E-state index in [9.17, 15) is 0 Å². The second-order valence-electron chi connectivity index (χ2n) is 6.84. The zero-order valence-electron chi connectivity index (χ0n) is 15.4. The summed E-state index contributed by atoms with van der Waals surface area (Å²) in [6, 6.07) is 17.5. The summed E-state index contributed by atoms with van der Waals surface area (Å²) in [4.78, 5) is 4.87. The molecule has 0 aromatic heterocycles. The fourth-order valence-electron chi connectivity index (χ4n) is 3.24. The Hall–Kier alpha value is -2.00. The minimum atomic E-state index is 0.924. The van der Waals surface area contributed by atoms with Crippen LogP contribution < -0.4 is 9.64 Å². The summed E-state index contributed by atoms with van der Waals surface area (Å²) in [5, 5.41) is 0. The molecule has 0 aliphatic carbocycles. The quantitative estimate of drug-likeness (QED) is 0.714. The molecule has 1 saturated heterocycles. The van der Waals surface area contributed by atoms with Crippen molar-refractivity contribution < 1.29 is 4.74 Å². The van der Waals surface area contributed by atoms with Gasteiger partial charge in [0.1, 0.15) is 5.75 Å². The maximum Gasteiger partial charge on any atom is 0.118 e. The van der Waals surface area contributed by atoms with Gasteiger partial charge in [-0.05, 0) is 68.1 Å². The third kappa shape index (κ3) is 5.23. The topological polar surface area (TPSA) is 15.7 Å². The van der Waals surface area contributed by atoms with Crippen LogP contribution in [0.15, 0.2) is 48.5 Å². The van der Waals surface area contributed by atoms with Crippen molar-refractivity contribution >= 4 is 5.69 Å². The Labute approximate surface area is 152 Å². The highest BCUT2D eigenvalue weighted by molar-refractivity contribution is 5.48. The number of methoxy groups -OCH3 is 1. The minimum absolute atomic E-state index is 0.924. The summed E-state index contributed by atoms with van der Waals surface area (Å²) in [6.45, 7) is 4.56. The van der Waals surface area contributed by atoms with E-state index in [1.54, 1.807) is 7.11 Å². The SMILES string of the molecule is COc1ccc(CC[CH]Cc2ccc(N3CCN(C)CC3)cc2)cc1. The van der Waals surface area contributed by atoms with E-state index >= 15 is 0 Å². The lowest BCUT2D eigenvalue weighted by atomic mass is 10.0. The second kappa shape index (κ2) is 8.91. The molecule has 0 spiro atoms. The van der Waals surface area contributed by atoms with Gasteiger partial charge in [-0.1, -0.05) is 24.3 Å². The molecular formula is C22H29N2O. The monoisotopic (exact) mass is 337 g/mol. The predicted molar refractivity (Wildman–Crippen MR) is 105 cm³/mol. The summed E-state index contributed by atoms with van der Waals surface area (Å²) < 4.78 is 5.20. The maximum absolute atomic E-state index is 5.20. The lowest BCUT2D eigenvalue weighted by molar-refractivity contribution is 0.313. The van der Waals surface area contributed by atoms with E-state index in [4.69, 9.17) is 4.74 Å². The molecular weight excluding hydrogens is 308 g/mol. The Morgan fingerprint density at radius 2 is 1.52 bits per heavy atom. The van der Waals surface area contributed by atoms with Crippen LogP contribution >= 0.6 is 0 Å². The molecule has 1 radical (unpaired) electrons. The average Bonchev–Trinajstić information content (AvgIpc) is 2.67. The van der Waals surface area contributed by atoms with Gasteiger partial charge in [0, 0.05) is 31.9 Å². The molecule has 2 aromatic carbocycles. The van der Waals surface area contributed by atoms with Crippen LogP contribution in [0.4, 0.5) is 5.69 Å². The molecule has 0 atom stereocenters. The molecule has 3 heteroatoms. The molecule has 1 aliphatic heterocycles. The van der Waals surface area contributed by atoms with Gasteiger partial charge in [0.25, 0.3) is 0 Å². The summed E-state index contributed by atoms with van der Waals surface area (Å²) >= 11 is 0. The Balaban J connectivity index is 1.41. The standard InChI is InChI=1S/C22H29N2O/c1-23-15-17-24(18-16-23)21-11-7-19(8-12-21)5-3-4-6-20-9-13-22(25-2)14-10-20/h3,7-14H,4-6,15-18H2,1-2H3. The molecule has 25 heavy (non-hydrogen) atoms. The summed E-state index contributed by atoms with van der Waals surface area (Å²) in [6.07, 6.45) is 5.62. The van der Waals surface area contributed by atoms with E-state index in [1.165, 1.54) is 16.8 Å². The fraction of sp³-hybridized carbons (Fsp3) is 0.409. The van der Waals surface area contributed by atoms with Crippen LogP contribution in [-0.2, 0) is 12.8 Å². The predicted octanol–water partition coefficient (Wildman–Crippen LogP) is 3.83. The first-order chi connectivity index (χ1) is 12.2. The van der Waals surface area contributed by atoms with E-state index in [0.29, 0.717) is 0 Å². The van der Waals surface area contributed by atoms with Crippen molar-refractivity contribution in [2.75, 3.05) is 45.2 Å². The van der Waals surface area contributed by atoms with E-state index in [1.807, 2.05) is 12.1 Å². The molecule has 3 rings (SSSR count). The highest BCUT2D eigenvalue weighted by Gasteiger charge is 2.13. The van der Waals surface area contributed by atoms with Crippen LogP contribution in [-0.4, -0.2) is 45.2 Å². The summed E-state index contributed by atoms with van der Waals surface area (Å²) in [5.41, 5.74) is 4.12.